The molecule has 7 aromatic rings. The van der Waals surface area contributed by atoms with E-state index in [1.165, 1.54) is 43.8 Å². The van der Waals surface area contributed by atoms with Gasteiger partial charge in [-0.1, -0.05) is 118 Å². The molecule has 0 bridgehead atoms. The van der Waals surface area contributed by atoms with Gasteiger partial charge in [0.2, 0.25) is 0 Å². The summed E-state index contributed by atoms with van der Waals surface area (Å²) in [5.74, 6) is 0. The fraction of sp³-hybridized carbons (Fsp3) is 0.116. The number of furan rings is 1. The first-order valence-electron chi connectivity index (χ1n) is 15.8. The first-order valence-corrected chi connectivity index (χ1v) is 15.8. The third kappa shape index (κ3) is 3.95. The van der Waals surface area contributed by atoms with Crippen molar-refractivity contribution in [1.82, 2.24) is 0 Å². The van der Waals surface area contributed by atoms with E-state index in [1.54, 1.807) is 0 Å². The monoisotopic (exact) mass is 581 g/mol. The molecule has 0 saturated carbocycles. The second kappa shape index (κ2) is 10.4. The fourth-order valence-electron chi connectivity index (χ4n) is 7.59. The molecule has 1 aliphatic rings. The number of rotatable bonds is 6. The molecule has 2 heteroatoms. The molecule has 45 heavy (non-hydrogen) atoms. The van der Waals surface area contributed by atoms with Gasteiger partial charge in [-0.2, -0.15) is 0 Å². The molecule has 6 aromatic carbocycles. The maximum atomic E-state index is 6.41. The Hall–Kier alpha value is -5.34. The highest BCUT2D eigenvalue weighted by Crippen LogP contribution is 2.55. The van der Waals surface area contributed by atoms with Crippen molar-refractivity contribution in [2.75, 3.05) is 4.90 Å². The van der Waals surface area contributed by atoms with E-state index in [0.29, 0.717) is 0 Å². The first-order chi connectivity index (χ1) is 22.1. The molecule has 1 heterocycles. The molecule has 2 nitrogen and oxygen atoms in total. The lowest BCUT2D eigenvalue weighted by Crippen LogP contribution is -2.20. The molecule has 0 fully saturated rings. The highest BCUT2D eigenvalue weighted by molar-refractivity contribution is 6.15. The van der Waals surface area contributed by atoms with Gasteiger partial charge in [0.1, 0.15) is 11.2 Å². The van der Waals surface area contributed by atoms with Gasteiger partial charge in [0.05, 0.1) is 16.8 Å². The summed E-state index contributed by atoms with van der Waals surface area (Å²) in [6, 6.07) is 41.6. The van der Waals surface area contributed by atoms with Crippen molar-refractivity contribution in [3.05, 3.63) is 157 Å². The van der Waals surface area contributed by atoms with Crippen molar-refractivity contribution in [3.8, 4) is 0 Å². The van der Waals surface area contributed by atoms with E-state index in [-0.39, 0.29) is 5.41 Å². The van der Waals surface area contributed by atoms with Crippen molar-refractivity contribution >= 4 is 66.1 Å². The number of anilines is 3. The van der Waals surface area contributed by atoms with Gasteiger partial charge >= 0.3 is 0 Å². The average Bonchev–Trinajstić information content (AvgIpc) is 3.58. The Bertz CT molecular complexity index is 2370. The van der Waals surface area contributed by atoms with Crippen molar-refractivity contribution in [2.45, 2.75) is 32.6 Å². The lowest BCUT2D eigenvalue weighted by molar-refractivity contribution is 0.560. The highest BCUT2D eigenvalue weighted by atomic mass is 16.3. The van der Waals surface area contributed by atoms with Gasteiger partial charge in [-0.15, -0.1) is 0 Å². The second-order valence-corrected chi connectivity index (χ2v) is 12.2. The fourth-order valence-corrected chi connectivity index (χ4v) is 7.59. The Labute approximate surface area is 264 Å². The van der Waals surface area contributed by atoms with E-state index < -0.39 is 0 Å². The van der Waals surface area contributed by atoms with Crippen LogP contribution >= 0.6 is 0 Å². The molecule has 0 radical (unpaired) electrons. The summed E-state index contributed by atoms with van der Waals surface area (Å²) in [6.45, 7) is 11.0. The van der Waals surface area contributed by atoms with Crippen LogP contribution in [0.25, 0.3) is 49.1 Å². The molecule has 1 atom stereocenters. The van der Waals surface area contributed by atoms with E-state index in [2.05, 4.69) is 160 Å². The number of hydrogen-bond acceptors (Lipinski definition) is 2. The maximum absolute atomic E-state index is 6.41. The van der Waals surface area contributed by atoms with Crippen LogP contribution in [0, 0.1) is 0 Å². The van der Waals surface area contributed by atoms with E-state index in [0.717, 1.165) is 45.4 Å². The van der Waals surface area contributed by atoms with E-state index >= 15 is 0 Å². The first kappa shape index (κ1) is 27.2. The Kier molecular flexibility index (Phi) is 6.28. The number of para-hydroxylation sites is 1. The molecule has 1 aromatic heterocycles. The summed E-state index contributed by atoms with van der Waals surface area (Å²) in [7, 11) is 0. The number of nitrogens with zero attached hydrogens (tertiary/aromatic N) is 1. The molecule has 0 aliphatic heterocycles. The Morgan fingerprint density at radius 2 is 1.44 bits per heavy atom. The van der Waals surface area contributed by atoms with Gasteiger partial charge in [0, 0.05) is 22.1 Å². The third-order valence-corrected chi connectivity index (χ3v) is 9.88. The standard InChI is InChI=1S/C43H35NO/c1-5-14-33-35(6-2)43(4,7-3)36-18-12-19-37(41(33)36)44(38-20-13-22-40-42(38)34-17-10-11-21-39(34)45-40)30-25-26-32-29(27-30)24-23-28-15-8-9-16-31(28)32/h5-6,8-27H,2,7H2,1,3-4H3/b14-5-. The lowest BCUT2D eigenvalue weighted by Gasteiger charge is -2.31. The van der Waals surface area contributed by atoms with Crippen molar-refractivity contribution < 1.29 is 4.42 Å². The maximum Gasteiger partial charge on any atom is 0.137 e. The van der Waals surface area contributed by atoms with Gasteiger partial charge in [-0.05, 0) is 88.0 Å². The van der Waals surface area contributed by atoms with Crippen LogP contribution in [0.5, 0.6) is 0 Å². The van der Waals surface area contributed by atoms with Crippen LogP contribution in [0.3, 0.4) is 0 Å². The second-order valence-electron chi connectivity index (χ2n) is 12.2. The third-order valence-electron chi connectivity index (χ3n) is 9.88. The normalized spacial score (nSPS) is 16.4. The number of fused-ring (bicyclic) bond motifs is 7. The SMILES string of the molecule is C=CC1=C(/C=C\C)c2c(N(c3ccc4c(ccc5ccccc54)c3)c3cccc4oc5ccccc5c34)cccc2C1(C)CC. The van der Waals surface area contributed by atoms with Crippen LogP contribution in [-0.2, 0) is 5.41 Å². The van der Waals surface area contributed by atoms with Gasteiger partial charge in [0.25, 0.3) is 0 Å². The zero-order chi connectivity index (χ0) is 30.7. The Morgan fingerprint density at radius 1 is 0.733 bits per heavy atom. The predicted molar refractivity (Wildman–Crippen MR) is 193 cm³/mol. The van der Waals surface area contributed by atoms with Crippen molar-refractivity contribution in [1.29, 1.82) is 0 Å². The van der Waals surface area contributed by atoms with Gasteiger partial charge < -0.3 is 9.32 Å². The Balaban J connectivity index is 1.48. The topological polar surface area (TPSA) is 16.4 Å². The quantitative estimate of drug-likeness (QED) is 0.182. The minimum absolute atomic E-state index is 0.135. The van der Waals surface area contributed by atoms with Crippen molar-refractivity contribution in [3.63, 3.8) is 0 Å². The Morgan fingerprint density at radius 3 is 2.27 bits per heavy atom. The minimum atomic E-state index is -0.135. The molecule has 0 amide bonds. The van der Waals surface area contributed by atoms with Crippen LogP contribution in [0.15, 0.2) is 150 Å². The predicted octanol–water partition coefficient (Wildman–Crippen LogP) is 12.6. The van der Waals surface area contributed by atoms with Gasteiger partial charge in [-0.3, -0.25) is 0 Å². The van der Waals surface area contributed by atoms with E-state index in [4.69, 9.17) is 4.42 Å². The summed E-state index contributed by atoms with van der Waals surface area (Å²) in [6.07, 6.45) is 7.46. The van der Waals surface area contributed by atoms with E-state index in [1.807, 2.05) is 6.07 Å². The highest BCUT2D eigenvalue weighted by Gasteiger charge is 2.40. The molecule has 0 spiro atoms. The minimum Gasteiger partial charge on any atom is -0.456 e. The molecular formula is C43H35NO. The van der Waals surface area contributed by atoms with Crippen LogP contribution in [0.4, 0.5) is 17.1 Å². The molecule has 1 aliphatic carbocycles. The molecule has 8 rings (SSSR count). The molecule has 218 valence electrons. The molecule has 0 saturated heterocycles. The molecular weight excluding hydrogens is 546 g/mol. The summed E-state index contributed by atoms with van der Waals surface area (Å²) in [5, 5.41) is 7.21. The van der Waals surface area contributed by atoms with Crippen molar-refractivity contribution in [2.24, 2.45) is 0 Å². The van der Waals surface area contributed by atoms with Crippen LogP contribution in [0.1, 0.15) is 38.3 Å². The van der Waals surface area contributed by atoms with Crippen LogP contribution in [0.2, 0.25) is 0 Å². The summed E-state index contributed by atoms with van der Waals surface area (Å²) in [5.41, 5.74) is 10.1. The number of hydrogen-bond donors (Lipinski definition) is 0. The smallest absolute Gasteiger partial charge is 0.137 e. The average molecular weight is 582 g/mol. The summed E-state index contributed by atoms with van der Waals surface area (Å²) in [4.78, 5) is 2.45. The number of benzene rings is 6. The molecule has 0 N–H and O–H groups in total. The van der Waals surface area contributed by atoms with Crippen LogP contribution < -0.4 is 4.90 Å². The van der Waals surface area contributed by atoms with Gasteiger partial charge in [0.15, 0.2) is 0 Å². The summed E-state index contributed by atoms with van der Waals surface area (Å²) >= 11 is 0. The van der Waals surface area contributed by atoms with Crippen LogP contribution in [-0.4, -0.2) is 0 Å². The molecule has 1 unspecified atom stereocenters. The zero-order valence-corrected chi connectivity index (χ0v) is 26.0. The largest absolute Gasteiger partial charge is 0.456 e. The lowest BCUT2D eigenvalue weighted by atomic mass is 9.77. The number of allylic oxidation sites excluding steroid dienone is 5. The zero-order valence-electron chi connectivity index (χ0n) is 26.0. The summed E-state index contributed by atoms with van der Waals surface area (Å²) < 4.78 is 6.41. The van der Waals surface area contributed by atoms with Gasteiger partial charge in [-0.25, -0.2) is 0 Å². The van der Waals surface area contributed by atoms with E-state index in [9.17, 15) is 0 Å².